The van der Waals surface area contributed by atoms with E-state index in [4.69, 9.17) is 81.9 Å². The number of aromatic nitrogens is 4. The number of esters is 4. The number of nitrogens with one attached hydrogen (secondary N) is 1. The summed E-state index contributed by atoms with van der Waals surface area (Å²) >= 11 is 12.8. The van der Waals surface area contributed by atoms with E-state index in [9.17, 15) is 33.9 Å². The monoisotopic (exact) mass is 1410 g/mol. The van der Waals surface area contributed by atoms with E-state index in [0.717, 1.165) is 103 Å². The lowest BCUT2D eigenvalue weighted by Gasteiger charge is -2.37. The number of ether oxygens (including phenoxy) is 8. The maximum atomic E-state index is 14.7. The number of likely N-dealkylation sites (tertiary alicyclic amines) is 1. The molecule has 2 aromatic heterocycles. The van der Waals surface area contributed by atoms with Crippen LogP contribution >= 0.6 is 23.2 Å². The Morgan fingerprint density at radius 2 is 1.10 bits per heavy atom. The maximum absolute atomic E-state index is 14.7. The van der Waals surface area contributed by atoms with E-state index in [1.54, 1.807) is 76.3 Å². The first-order valence-electron chi connectivity index (χ1n) is 41.6. The number of aliphatic carboxylic acids is 1. The standard InChI is InChI=1S/C37H50ClN3O7.C19H24ClN3O4.C18H28O4.7H2/c1-8-9-10-13-23-18-28(23)46-30(42)20-25(37(6)16-11-12-17-37)34(43)41-21-29(22(2)31(41)35(44)48-36(3,4)5)47-33-32(38)39-26-15-14-24(45-7)19-27(26)40-33;1-10-14(9-21-15(10)18(24)27-19(2,3)4)26-17-16(20)22-12-7-6-11(25-5)8-13(12)23-17;1-3-4-5-8-13-11-15(13)22-16(19)12-14(17(20)21)18(2)9-6-7-10-18;;;;;;;/h8,14-15,19,22-23,25,28-29,31H,1,9-13,16-18,20-21H2,2-7H3;6-8,10,14-15,21H,9H2,1-5H3;3,13-15H,1,4-12H2,2H3,(H,20,21);7*1H/t22-,23-,25-,28-,29+,31+;10-,14+,15+;13-,14-,15-;;;;;;;/m111......./s1/i;;;7*1+1D. The molecule has 4 heterocycles. The van der Waals surface area contributed by atoms with Crippen molar-refractivity contribution in [1.82, 2.24) is 30.2 Å². The average Bonchev–Trinajstić information content (AvgIpc) is 1.66. The molecule has 97 heavy (non-hydrogen) atoms. The number of allylic oxidation sites excluding steroid dienone is 2. The SMILES string of the molecule is C=CCCC[C@@H]1C[C@H]1OC(=O)C[C@H](C(=O)N1C[C@H](Oc2nc3cc(OC)ccc3nc2Cl)[C@@H](C)[C@H]1C(=O)OC(C)(C)C)C1(C)CCCC1.C=CCCC[C@@H]1C[C@H]1OC(=O)C[C@H](C(=O)O)C1(C)CCCC1.COc1ccc2nc(Cl)c(O[C@H]3CN[C@H](C(=O)OC(C)(C)C)[C@@H]3C)nc2c1.[2H][2H].[2H][2H].[2H][2H].[2H][2H].[2H][2H].[2H][2H].[2H][2H]. The fraction of sp³-hybridized carbons (Fsp3) is 0.649. The van der Waals surface area contributed by atoms with E-state index in [2.05, 4.69) is 45.3 Å². The van der Waals surface area contributed by atoms with Crippen molar-refractivity contribution in [3.63, 3.8) is 0 Å². The molecule has 4 aromatic rings. The fourth-order valence-electron chi connectivity index (χ4n) is 14.0. The van der Waals surface area contributed by atoms with Gasteiger partial charge < -0.3 is 53.2 Å². The van der Waals surface area contributed by atoms with Crippen molar-refractivity contribution >= 4 is 81.0 Å². The Bertz CT molecular complexity index is 3510. The quantitative estimate of drug-likeness (QED) is 0.0256. The molecule has 0 spiro atoms. The van der Waals surface area contributed by atoms with Crippen LogP contribution in [0.3, 0.4) is 0 Å². The molecule has 0 unspecified atom stereocenters. The van der Waals surface area contributed by atoms with E-state index in [1.165, 1.54) is 0 Å². The Kier molecular flexibility index (Phi) is 22.4. The number of carbonyl (C=O) groups is 6. The van der Waals surface area contributed by atoms with Gasteiger partial charge in [-0.1, -0.05) is 88.7 Å². The zero-order chi connectivity index (χ0) is 84.7. The van der Waals surface area contributed by atoms with E-state index in [1.807, 2.05) is 53.7 Å². The van der Waals surface area contributed by atoms with Crippen LogP contribution in [0.25, 0.3) is 22.1 Å². The molecule has 12 atom stereocenters. The van der Waals surface area contributed by atoms with Gasteiger partial charge >= 0.3 is 29.8 Å². The van der Waals surface area contributed by atoms with Crippen LogP contribution < -0.4 is 24.3 Å². The second-order valence-corrected chi connectivity index (χ2v) is 30.5. The van der Waals surface area contributed by atoms with Gasteiger partial charge in [0.2, 0.25) is 5.91 Å². The molecule has 0 bridgehead atoms. The van der Waals surface area contributed by atoms with Crippen LogP contribution in [-0.2, 0) is 47.7 Å². The van der Waals surface area contributed by atoms with Crippen LogP contribution in [0, 0.1) is 46.3 Å². The normalized spacial score (nSPS) is 25.6. The van der Waals surface area contributed by atoms with Gasteiger partial charge in [-0.25, -0.2) is 24.7 Å². The summed E-state index contributed by atoms with van der Waals surface area (Å²) in [6.07, 6.45) is 18.2. The molecular weight excluding hydrogens is 1280 g/mol. The summed E-state index contributed by atoms with van der Waals surface area (Å²) in [5, 5.41) is 12.9. The van der Waals surface area contributed by atoms with Gasteiger partial charge in [0.05, 0.1) is 67.5 Å². The summed E-state index contributed by atoms with van der Waals surface area (Å²) in [5.74, 6) is -2.04. The van der Waals surface area contributed by atoms with Crippen molar-refractivity contribution in [2.75, 3.05) is 27.3 Å². The fourth-order valence-corrected chi connectivity index (χ4v) is 14.4. The second-order valence-electron chi connectivity index (χ2n) is 29.8. The molecule has 6 aliphatic rings. The van der Waals surface area contributed by atoms with E-state index in [0.29, 0.717) is 51.9 Å². The summed E-state index contributed by atoms with van der Waals surface area (Å²) in [6, 6.07) is 9.24. The first-order valence-corrected chi connectivity index (χ1v) is 35.3. The molecule has 4 aliphatic carbocycles. The molecule has 6 fully saturated rings. The van der Waals surface area contributed by atoms with Crippen LogP contribution in [-0.4, -0.2) is 141 Å². The number of unbranched alkanes of at least 4 members (excludes halogenated alkanes) is 2. The summed E-state index contributed by atoms with van der Waals surface area (Å²) in [4.78, 5) is 97.3. The first-order chi connectivity index (χ1) is 52.9. The molecule has 10 rings (SSSR count). The Labute approximate surface area is 603 Å². The molecule has 2 N–H and O–H groups in total. The number of carbonyl (C=O) groups excluding carboxylic acids is 5. The Morgan fingerprint density at radius 3 is 1.55 bits per heavy atom. The predicted octanol–water partition coefficient (Wildman–Crippen LogP) is 15.8. The summed E-state index contributed by atoms with van der Waals surface area (Å²) in [7, 11) is 3.16. The number of hydrogen-bond acceptors (Lipinski definition) is 19. The zero-order valence-electron chi connectivity index (χ0n) is 72.8. The maximum Gasteiger partial charge on any atom is 0.329 e. The molecule has 546 valence electrons. The van der Waals surface area contributed by atoms with Gasteiger partial charge in [0.15, 0.2) is 10.3 Å². The minimum atomic E-state index is -0.935. The number of amides is 1. The van der Waals surface area contributed by atoms with Crippen LogP contribution in [0.5, 0.6) is 23.3 Å². The minimum Gasteiger partial charge on any atom is -0.497 e. The lowest BCUT2D eigenvalue weighted by atomic mass is 9.73. The van der Waals surface area contributed by atoms with E-state index < -0.39 is 64.5 Å². The number of fused-ring (bicyclic) bond motifs is 2. The highest BCUT2D eigenvalue weighted by atomic mass is 35.5. The highest BCUT2D eigenvalue weighted by Gasteiger charge is 2.54. The topological polar surface area (TPSA) is 263 Å². The van der Waals surface area contributed by atoms with Gasteiger partial charge in [-0.3, -0.25) is 24.0 Å². The largest absolute Gasteiger partial charge is 0.497 e. The second kappa shape index (κ2) is 32.9. The number of nitrogens with zero attached hydrogens (tertiary/aromatic N) is 5. The Hall–Kier alpha value is -6.84. The number of hydrogen-bond donors (Lipinski definition) is 2. The smallest absolute Gasteiger partial charge is 0.329 e. The van der Waals surface area contributed by atoms with Crippen molar-refractivity contribution in [1.29, 1.82) is 0 Å². The molecule has 23 heteroatoms. The lowest BCUT2D eigenvalue weighted by Crippen LogP contribution is -2.50. The molecule has 0 radical (unpaired) electrons. The van der Waals surface area contributed by atoms with Crippen molar-refractivity contribution < 1.29 is 92.6 Å². The average molecular weight is 1410 g/mol. The molecule has 21 nitrogen and oxygen atoms in total. The number of rotatable bonds is 26. The molecule has 2 saturated heterocycles. The number of carboxylic acid groups (broad SMARTS) is 1. The van der Waals surface area contributed by atoms with Gasteiger partial charge in [-0.15, -0.1) is 13.2 Å². The van der Waals surface area contributed by atoms with Gasteiger partial charge in [-0.2, -0.15) is 0 Å². The number of methoxy groups -OCH3 is 2. The molecule has 4 saturated carbocycles. The third-order valence-corrected chi connectivity index (χ3v) is 20.4. The van der Waals surface area contributed by atoms with Crippen LogP contribution in [0.15, 0.2) is 61.7 Å². The number of halogens is 2. The highest BCUT2D eigenvalue weighted by molar-refractivity contribution is 6.31. The van der Waals surface area contributed by atoms with Crippen LogP contribution in [0.1, 0.15) is 206 Å². The van der Waals surface area contributed by atoms with Crippen LogP contribution in [0.2, 0.25) is 10.3 Å². The summed E-state index contributed by atoms with van der Waals surface area (Å²) < 4.78 is 116. The van der Waals surface area contributed by atoms with Gasteiger partial charge in [-0.05, 0) is 166 Å². The Balaban J connectivity index is 0.000000829. The van der Waals surface area contributed by atoms with E-state index in [-0.39, 0.29) is 94.9 Å². The van der Waals surface area contributed by atoms with Gasteiger partial charge in [0.25, 0.3) is 11.8 Å². The Morgan fingerprint density at radius 1 is 0.660 bits per heavy atom. The summed E-state index contributed by atoms with van der Waals surface area (Å²) in [5.41, 5.74) is 0.404. The number of carboxylic acids is 1. The first kappa shape index (κ1) is 66.1. The van der Waals surface area contributed by atoms with Crippen molar-refractivity contribution in [2.24, 2.45) is 46.3 Å². The van der Waals surface area contributed by atoms with Gasteiger partial charge in [0.1, 0.15) is 59.2 Å². The minimum absolute atomic E-state index is 0.0156. The molecular formula is C74H116Cl2N6O15. The number of benzene rings is 2. The lowest BCUT2D eigenvalue weighted by molar-refractivity contribution is -0.167. The predicted molar refractivity (Wildman–Crippen MR) is 384 cm³/mol. The third-order valence-electron chi connectivity index (χ3n) is 19.9. The van der Waals surface area contributed by atoms with Crippen molar-refractivity contribution in [3.8, 4) is 23.3 Å². The molecule has 2 aromatic carbocycles. The van der Waals surface area contributed by atoms with Crippen LogP contribution in [0.4, 0.5) is 0 Å². The van der Waals surface area contributed by atoms with Crippen molar-refractivity contribution in [3.05, 3.63) is 72.0 Å². The molecule has 2 aliphatic heterocycles. The van der Waals surface area contributed by atoms with Gasteiger partial charge in [0, 0.05) is 51.3 Å². The van der Waals surface area contributed by atoms with E-state index >= 15 is 0 Å². The highest BCUT2D eigenvalue weighted by Crippen LogP contribution is 2.49. The molecule has 1 amide bonds. The van der Waals surface area contributed by atoms with Crippen molar-refractivity contribution in [2.45, 2.75) is 233 Å². The summed E-state index contributed by atoms with van der Waals surface area (Å²) in [6.45, 7) is 26.9. The zero-order valence-corrected chi connectivity index (χ0v) is 60.3. The third kappa shape index (κ3) is 20.4.